The molecule has 0 aliphatic rings. The molecule has 0 bridgehead atoms. The van der Waals surface area contributed by atoms with E-state index in [1.54, 1.807) is 0 Å². The fraction of sp³-hybridized carbons (Fsp3) is 1.00. The van der Waals surface area contributed by atoms with E-state index >= 15 is 0 Å². The molecule has 0 rings (SSSR count). The largest absolute Gasteiger partial charge is 0.400 e. The zero-order valence-corrected chi connectivity index (χ0v) is 3.40. The lowest BCUT2D eigenvalue weighted by Gasteiger charge is -1.38. The monoisotopic (exact) mass is 80.1 g/mol. The number of aliphatic hydroxyl groups is 1. The molecular weight excluding hydrogens is 69.8 g/mol. The van der Waals surface area contributed by atoms with Crippen molar-refractivity contribution < 1.29 is 9.42 Å². The maximum atomic E-state index is 10.7. The third-order valence-corrected chi connectivity index (χ3v) is 0. The summed E-state index contributed by atoms with van der Waals surface area (Å²) in [6.45, 7) is 1.17. The van der Waals surface area contributed by atoms with Gasteiger partial charge >= 0.3 is 7.52 Å². The van der Waals surface area contributed by atoms with Gasteiger partial charge in [-0.1, -0.05) is 6.82 Å². The van der Waals surface area contributed by atoms with Crippen LogP contribution in [0, 0.1) is 0 Å². The normalized spacial score (nSPS) is 6.80. The number of halogens is 1. The molecule has 0 radical (unpaired) electrons. The van der Waals surface area contributed by atoms with Crippen LogP contribution in [0.2, 0.25) is 6.82 Å². The van der Waals surface area contributed by atoms with Gasteiger partial charge in [0.25, 0.3) is 0 Å². The maximum Gasteiger partial charge on any atom is 0.328 e. The summed E-state index contributed by atoms with van der Waals surface area (Å²) in [4.78, 5) is 0. The van der Waals surface area contributed by atoms with Gasteiger partial charge in [-0.25, -0.2) is 0 Å². The topological polar surface area (TPSA) is 20.2 Å². The van der Waals surface area contributed by atoms with Crippen molar-refractivity contribution in [3.05, 3.63) is 0 Å². The highest BCUT2D eigenvalue weighted by Crippen LogP contribution is 1.43. The minimum absolute atomic E-state index is 1.00. The van der Waals surface area contributed by atoms with E-state index in [2.05, 4.69) is 0 Å². The van der Waals surface area contributed by atoms with Crippen LogP contribution in [0.25, 0.3) is 0 Å². The molecule has 0 fully saturated rings. The van der Waals surface area contributed by atoms with Crippen molar-refractivity contribution in [2.45, 2.75) is 6.82 Å². The summed E-state index contributed by atoms with van der Waals surface area (Å²) in [5.41, 5.74) is 0. The van der Waals surface area contributed by atoms with Crippen LogP contribution < -0.4 is 0 Å². The molecule has 3 heteroatoms. The molecule has 0 aromatic carbocycles. The molecule has 0 aromatic rings. The summed E-state index contributed by atoms with van der Waals surface area (Å²) in [7, 11) is -0.417. The number of hydrogen-bond acceptors (Lipinski definition) is 1. The molecule has 0 saturated heterocycles. The zero-order chi connectivity index (χ0) is 5.58. The predicted octanol–water partition coefficient (Wildman–Crippen LogP) is -0.0360. The van der Waals surface area contributed by atoms with Crippen LogP contribution in [0.1, 0.15) is 0 Å². The van der Waals surface area contributed by atoms with Crippen LogP contribution in [0.3, 0.4) is 0 Å². The Bertz CT molecular complexity index is 18.3. The molecule has 0 aromatic heterocycles. The Balaban J connectivity index is 0. The molecule has 32 valence electrons. The van der Waals surface area contributed by atoms with Gasteiger partial charge in [-0.2, -0.15) is 0 Å². The van der Waals surface area contributed by atoms with Gasteiger partial charge < -0.3 is 9.42 Å². The van der Waals surface area contributed by atoms with Gasteiger partial charge in [-0.05, 0) is 0 Å². The average Bonchev–Trinajstić information content (AvgIpc) is 1.41. The third kappa shape index (κ3) is 7440. The van der Waals surface area contributed by atoms with Crippen molar-refractivity contribution in [1.29, 1.82) is 1.34 Å². The van der Waals surface area contributed by atoms with Crippen LogP contribution >= 0.6 is 0 Å². The lowest BCUT2D eigenvalue weighted by atomic mass is 10.2. The number of rotatable bonds is 0. The molecule has 0 spiro atoms. The first-order valence-electron chi connectivity index (χ1n) is 1.82. The maximum absolute atomic E-state index is 10.7. The standard InChI is InChI=1S/CH4BF.CH4O/c1-2-3;1-2/h2H,1H3;2H,1H3/i2T;. The Morgan fingerprint density at radius 1 is 2.00 bits per heavy atom. The van der Waals surface area contributed by atoms with E-state index in [9.17, 15) is 4.32 Å². The quantitative estimate of drug-likeness (QED) is 0.405. The van der Waals surface area contributed by atoms with Crippen LogP contribution in [0.4, 0.5) is 4.32 Å². The summed E-state index contributed by atoms with van der Waals surface area (Å²) >= 11 is 0. The van der Waals surface area contributed by atoms with Gasteiger partial charge in [0.1, 0.15) is 0 Å². The van der Waals surface area contributed by atoms with Crippen molar-refractivity contribution in [2.24, 2.45) is 0 Å². The lowest BCUT2D eigenvalue weighted by Crippen LogP contribution is -1.49. The minimum atomic E-state index is -1.42. The smallest absolute Gasteiger partial charge is 0.328 e. The molecular formula is C2H8BFO. The first-order chi connectivity index (χ1) is 2.73. The van der Waals surface area contributed by atoms with Crippen LogP contribution in [-0.2, 0) is 0 Å². The zero-order valence-electron chi connectivity index (χ0n) is 4.40. The molecule has 1 nitrogen and oxygen atoms in total. The van der Waals surface area contributed by atoms with Gasteiger partial charge in [-0.15, -0.1) is 0 Å². The Morgan fingerprint density at radius 2 is 2.00 bits per heavy atom. The van der Waals surface area contributed by atoms with E-state index in [1.807, 2.05) is 0 Å². The summed E-state index contributed by atoms with van der Waals surface area (Å²) in [5, 5.41) is 7.00. The fourth-order valence-electron chi connectivity index (χ4n) is 0. The van der Waals surface area contributed by atoms with Gasteiger partial charge in [0.2, 0.25) is 0 Å². The Labute approximate surface area is 33.5 Å². The molecule has 0 saturated carbocycles. The van der Waals surface area contributed by atoms with Gasteiger partial charge in [-0.3, -0.25) is 0 Å². The fourth-order valence-corrected chi connectivity index (χ4v) is 0. The Hall–Kier alpha value is -0.0451. The summed E-state index contributed by atoms with van der Waals surface area (Å²) < 4.78 is 16.6. The van der Waals surface area contributed by atoms with E-state index < -0.39 is 7.52 Å². The van der Waals surface area contributed by atoms with Crippen molar-refractivity contribution in [1.82, 2.24) is 0 Å². The SMILES string of the molecule is CO.[3H]B(C)F. The first-order valence-corrected chi connectivity index (χ1v) is 1.24. The van der Waals surface area contributed by atoms with Crippen molar-refractivity contribution >= 4 is 7.52 Å². The summed E-state index contributed by atoms with van der Waals surface area (Å²) in [6, 6.07) is 0. The summed E-state index contributed by atoms with van der Waals surface area (Å²) in [5.74, 6) is 0. The summed E-state index contributed by atoms with van der Waals surface area (Å²) in [6.07, 6.45) is 0. The van der Waals surface area contributed by atoms with E-state index in [0.29, 0.717) is 0 Å². The molecule has 0 atom stereocenters. The van der Waals surface area contributed by atoms with Gasteiger partial charge in [0, 0.05) is 8.45 Å². The lowest BCUT2D eigenvalue weighted by molar-refractivity contribution is 0.399. The van der Waals surface area contributed by atoms with E-state index in [-0.39, 0.29) is 0 Å². The van der Waals surface area contributed by atoms with Crippen molar-refractivity contribution in [3.8, 4) is 0 Å². The van der Waals surface area contributed by atoms with E-state index in [4.69, 9.17) is 6.44 Å². The van der Waals surface area contributed by atoms with Crippen molar-refractivity contribution in [3.63, 3.8) is 0 Å². The highest BCUT2D eigenvalue weighted by molar-refractivity contribution is 6.23. The molecule has 0 unspecified atom stereocenters. The average molecular weight is 79.9 g/mol. The molecule has 0 amide bonds. The van der Waals surface area contributed by atoms with Crippen LogP contribution in [0.5, 0.6) is 0 Å². The number of hydrogen-bond donors (Lipinski definition) is 1. The molecule has 5 heavy (non-hydrogen) atoms. The van der Waals surface area contributed by atoms with Crippen LogP contribution in [0.15, 0.2) is 0 Å². The second-order valence-electron chi connectivity index (χ2n) is 0.218. The van der Waals surface area contributed by atoms with Gasteiger partial charge in [0.15, 0.2) is 0 Å². The van der Waals surface area contributed by atoms with Crippen LogP contribution in [-0.4, -0.2) is 21.1 Å². The predicted molar refractivity (Wildman–Crippen MR) is 22.3 cm³/mol. The van der Waals surface area contributed by atoms with Crippen molar-refractivity contribution in [2.75, 3.05) is 7.11 Å². The Kier molecular flexibility index (Phi) is 37.5. The molecule has 0 heterocycles. The number of aliphatic hydroxyl groups excluding tert-OH is 1. The second-order valence-corrected chi connectivity index (χ2v) is 0.218. The Morgan fingerprint density at radius 3 is 2.00 bits per heavy atom. The highest BCUT2D eigenvalue weighted by Gasteiger charge is 1.51. The third-order valence-electron chi connectivity index (χ3n) is 0. The highest BCUT2D eigenvalue weighted by atomic mass is 19.1. The minimum Gasteiger partial charge on any atom is -0.400 e. The van der Waals surface area contributed by atoms with Gasteiger partial charge in [0.05, 0.1) is 0 Å². The molecule has 0 aliphatic carbocycles. The second kappa shape index (κ2) is 37.9. The first kappa shape index (κ1) is 4.95. The van der Waals surface area contributed by atoms with E-state index in [1.165, 1.54) is 6.82 Å². The molecule has 0 aliphatic heterocycles. The molecule has 1 N–H and O–H groups in total. The van der Waals surface area contributed by atoms with E-state index in [0.717, 1.165) is 7.11 Å².